The van der Waals surface area contributed by atoms with E-state index in [0.29, 0.717) is 0 Å². The summed E-state index contributed by atoms with van der Waals surface area (Å²) in [6.45, 7) is 7.43. The third kappa shape index (κ3) is 3.08. The molecule has 1 unspecified atom stereocenters. The molecule has 5 heteroatoms. The Kier molecular flexibility index (Phi) is 4.57. The van der Waals surface area contributed by atoms with Gasteiger partial charge in [-0.25, -0.2) is 9.97 Å². The van der Waals surface area contributed by atoms with Crippen molar-refractivity contribution >= 4 is 11.9 Å². The molecule has 0 saturated carbocycles. The highest BCUT2D eigenvalue weighted by atomic mass is 16.4. The van der Waals surface area contributed by atoms with E-state index in [2.05, 4.69) is 14.9 Å². The molecule has 0 bridgehead atoms. The van der Waals surface area contributed by atoms with Gasteiger partial charge in [-0.15, -0.1) is 0 Å². The minimum absolute atomic E-state index is 0.562. The fourth-order valence-electron chi connectivity index (χ4n) is 2.87. The molecule has 1 aliphatic rings. The molecule has 1 aromatic rings. The van der Waals surface area contributed by atoms with Gasteiger partial charge in [-0.05, 0) is 33.6 Å². The Bertz CT molecular complexity index is 471. The Morgan fingerprint density at radius 1 is 1.10 bits per heavy atom. The van der Waals surface area contributed by atoms with Crippen LogP contribution in [0, 0.1) is 13.8 Å². The van der Waals surface area contributed by atoms with Crippen LogP contribution in [0.15, 0.2) is 0 Å². The molecule has 1 atom stereocenters. The first kappa shape index (κ1) is 14.8. The monoisotopic (exact) mass is 277 g/mol. The summed E-state index contributed by atoms with van der Waals surface area (Å²) in [6.07, 6.45) is 4.88. The fraction of sp³-hybridized carbons (Fsp3) is 0.667. The standard InChI is InChI=1S/C15H23N3O2/c1-10(14(19)20)13-11(2)16-15(17-12(13)3)18-8-6-4-5-7-9-18/h10H,4-9H2,1-3H3,(H,19,20). The summed E-state index contributed by atoms with van der Waals surface area (Å²) in [5.74, 6) is -0.640. The summed E-state index contributed by atoms with van der Waals surface area (Å²) >= 11 is 0. The second-order valence-electron chi connectivity index (χ2n) is 5.57. The largest absolute Gasteiger partial charge is 0.481 e. The third-order valence-electron chi connectivity index (χ3n) is 4.01. The molecule has 1 saturated heterocycles. The fourth-order valence-corrected chi connectivity index (χ4v) is 2.87. The SMILES string of the molecule is Cc1nc(N2CCCCCC2)nc(C)c1C(C)C(=O)O. The summed E-state index contributed by atoms with van der Waals surface area (Å²) < 4.78 is 0. The Balaban J connectivity index is 2.31. The summed E-state index contributed by atoms with van der Waals surface area (Å²) in [5.41, 5.74) is 2.31. The number of aliphatic carboxylic acids is 1. The van der Waals surface area contributed by atoms with Crippen molar-refractivity contribution in [3.63, 3.8) is 0 Å². The molecule has 1 fully saturated rings. The number of anilines is 1. The Morgan fingerprint density at radius 2 is 1.60 bits per heavy atom. The van der Waals surface area contributed by atoms with Crippen LogP contribution in [0.5, 0.6) is 0 Å². The van der Waals surface area contributed by atoms with Gasteiger partial charge in [0.15, 0.2) is 0 Å². The van der Waals surface area contributed by atoms with Crippen molar-refractivity contribution in [2.24, 2.45) is 0 Å². The number of hydrogen-bond acceptors (Lipinski definition) is 4. The number of nitrogens with zero attached hydrogens (tertiary/aromatic N) is 3. The molecule has 20 heavy (non-hydrogen) atoms. The van der Waals surface area contributed by atoms with Gasteiger partial charge in [-0.2, -0.15) is 0 Å². The number of rotatable bonds is 3. The molecular formula is C15H23N3O2. The lowest BCUT2D eigenvalue weighted by Crippen LogP contribution is -2.27. The van der Waals surface area contributed by atoms with Crippen LogP contribution in [0.4, 0.5) is 5.95 Å². The molecule has 110 valence electrons. The molecule has 2 rings (SSSR count). The van der Waals surface area contributed by atoms with Gasteiger partial charge in [0.05, 0.1) is 5.92 Å². The van der Waals surface area contributed by atoms with Crippen LogP contribution in [0.3, 0.4) is 0 Å². The number of hydrogen-bond donors (Lipinski definition) is 1. The van der Waals surface area contributed by atoms with Gasteiger partial charge in [0, 0.05) is 30.0 Å². The van der Waals surface area contributed by atoms with E-state index in [1.165, 1.54) is 25.7 Å². The van der Waals surface area contributed by atoms with Crippen LogP contribution in [0.25, 0.3) is 0 Å². The van der Waals surface area contributed by atoms with Gasteiger partial charge < -0.3 is 10.0 Å². The summed E-state index contributed by atoms with van der Waals surface area (Å²) in [5, 5.41) is 9.17. The average molecular weight is 277 g/mol. The molecule has 0 spiro atoms. The topological polar surface area (TPSA) is 66.3 Å². The van der Waals surface area contributed by atoms with Crippen molar-refractivity contribution in [3.8, 4) is 0 Å². The predicted octanol–water partition coefficient (Wildman–Crippen LogP) is 2.66. The number of aromatic nitrogens is 2. The highest BCUT2D eigenvalue weighted by Gasteiger charge is 2.22. The van der Waals surface area contributed by atoms with Gasteiger partial charge in [-0.3, -0.25) is 4.79 Å². The van der Waals surface area contributed by atoms with Crippen molar-refractivity contribution in [2.45, 2.75) is 52.4 Å². The highest BCUT2D eigenvalue weighted by molar-refractivity contribution is 5.76. The van der Waals surface area contributed by atoms with E-state index >= 15 is 0 Å². The zero-order chi connectivity index (χ0) is 14.7. The van der Waals surface area contributed by atoms with Crippen LogP contribution < -0.4 is 4.90 Å². The molecule has 0 aliphatic carbocycles. The quantitative estimate of drug-likeness (QED) is 0.920. The number of carbonyl (C=O) groups is 1. The predicted molar refractivity (Wildman–Crippen MR) is 78.2 cm³/mol. The maximum Gasteiger partial charge on any atom is 0.310 e. The van der Waals surface area contributed by atoms with Crippen LogP contribution in [-0.2, 0) is 4.79 Å². The van der Waals surface area contributed by atoms with E-state index in [1.54, 1.807) is 6.92 Å². The lowest BCUT2D eigenvalue weighted by atomic mass is 9.98. The Labute approximate surface area is 120 Å². The molecule has 0 radical (unpaired) electrons. The molecule has 1 aliphatic heterocycles. The van der Waals surface area contributed by atoms with E-state index in [4.69, 9.17) is 0 Å². The number of carboxylic acids is 1. The molecular weight excluding hydrogens is 254 g/mol. The molecule has 1 aromatic heterocycles. The smallest absolute Gasteiger partial charge is 0.310 e. The van der Waals surface area contributed by atoms with Crippen molar-refractivity contribution in [3.05, 3.63) is 17.0 Å². The molecule has 0 aromatic carbocycles. The highest BCUT2D eigenvalue weighted by Crippen LogP contribution is 2.24. The summed E-state index contributed by atoms with van der Waals surface area (Å²) in [6, 6.07) is 0. The zero-order valence-electron chi connectivity index (χ0n) is 12.5. The number of carboxylic acid groups (broad SMARTS) is 1. The van der Waals surface area contributed by atoms with Gasteiger partial charge in [-0.1, -0.05) is 12.8 Å². The first-order chi connectivity index (χ1) is 9.50. The zero-order valence-corrected chi connectivity index (χ0v) is 12.5. The lowest BCUT2D eigenvalue weighted by Gasteiger charge is -2.22. The van der Waals surface area contributed by atoms with E-state index in [0.717, 1.165) is 36.0 Å². The van der Waals surface area contributed by atoms with Crippen LogP contribution >= 0.6 is 0 Å². The van der Waals surface area contributed by atoms with E-state index in [9.17, 15) is 9.90 Å². The second kappa shape index (κ2) is 6.20. The number of aryl methyl sites for hydroxylation is 2. The van der Waals surface area contributed by atoms with Gasteiger partial charge in [0.2, 0.25) is 5.95 Å². The normalized spacial score (nSPS) is 17.6. The molecule has 2 heterocycles. The van der Waals surface area contributed by atoms with Gasteiger partial charge >= 0.3 is 5.97 Å². The van der Waals surface area contributed by atoms with Crippen molar-refractivity contribution in [1.82, 2.24) is 9.97 Å². The van der Waals surface area contributed by atoms with E-state index in [-0.39, 0.29) is 0 Å². The maximum atomic E-state index is 11.2. The Hall–Kier alpha value is -1.65. The molecule has 0 amide bonds. The maximum absolute atomic E-state index is 11.2. The van der Waals surface area contributed by atoms with Gasteiger partial charge in [0.25, 0.3) is 0 Å². The van der Waals surface area contributed by atoms with Gasteiger partial charge in [0.1, 0.15) is 0 Å². The van der Waals surface area contributed by atoms with E-state index in [1.807, 2.05) is 13.8 Å². The first-order valence-electron chi connectivity index (χ1n) is 7.33. The average Bonchev–Trinajstić information content (AvgIpc) is 2.66. The summed E-state index contributed by atoms with van der Waals surface area (Å²) in [4.78, 5) is 22.5. The minimum atomic E-state index is -0.831. The Morgan fingerprint density at radius 3 is 2.05 bits per heavy atom. The van der Waals surface area contributed by atoms with Crippen LogP contribution in [-0.4, -0.2) is 34.1 Å². The molecule has 5 nitrogen and oxygen atoms in total. The van der Waals surface area contributed by atoms with Crippen molar-refractivity contribution in [2.75, 3.05) is 18.0 Å². The second-order valence-corrected chi connectivity index (χ2v) is 5.57. The summed E-state index contributed by atoms with van der Waals surface area (Å²) in [7, 11) is 0. The van der Waals surface area contributed by atoms with Crippen LogP contribution in [0.2, 0.25) is 0 Å². The van der Waals surface area contributed by atoms with Crippen molar-refractivity contribution in [1.29, 1.82) is 0 Å². The lowest BCUT2D eigenvalue weighted by molar-refractivity contribution is -0.138. The minimum Gasteiger partial charge on any atom is -0.481 e. The third-order valence-corrected chi connectivity index (χ3v) is 4.01. The van der Waals surface area contributed by atoms with E-state index < -0.39 is 11.9 Å². The van der Waals surface area contributed by atoms with Crippen LogP contribution in [0.1, 0.15) is 55.5 Å². The molecule has 1 N–H and O–H groups in total. The van der Waals surface area contributed by atoms with Crippen molar-refractivity contribution < 1.29 is 9.90 Å². The first-order valence-corrected chi connectivity index (χ1v) is 7.33.